The van der Waals surface area contributed by atoms with Crippen LogP contribution in [0.3, 0.4) is 0 Å². The normalized spacial score (nSPS) is 13.2. The van der Waals surface area contributed by atoms with E-state index >= 15 is 0 Å². The molecule has 0 radical (unpaired) electrons. The molecule has 0 bridgehead atoms. The number of unbranched alkanes of at least 4 members (excludes halogenated alkanes) is 1. The zero-order valence-electron chi connectivity index (χ0n) is 8.01. The molecule has 0 saturated carbocycles. The highest BCUT2D eigenvalue weighted by Crippen LogP contribution is 2.22. The minimum absolute atomic E-state index is 0.687. The zero-order chi connectivity index (χ0) is 8.81. The molecule has 2 heteroatoms. The number of hydrogen-bond donors (Lipinski definition) is 1. The second-order valence-electron chi connectivity index (χ2n) is 3.26. The van der Waals surface area contributed by atoms with E-state index in [1.165, 1.54) is 31.4 Å². The fourth-order valence-electron chi connectivity index (χ4n) is 1.52. The van der Waals surface area contributed by atoms with Crippen molar-refractivity contribution in [1.82, 2.24) is 10.2 Å². The summed E-state index contributed by atoms with van der Waals surface area (Å²) in [6.07, 6.45) is 6.93. The van der Waals surface area contributed by atoms with Crippen LogP contribution in [-0.4, -0.2) is 10.2 Å². The average Bonchev–Trinajstić information content (AvgIpc) is 2.59. The van der Waals surface area contributed by atoms with Gasteiger partial charge in [-0.2, -0.15) is 5.10 Å². The standard InChI is InChI=1S/C10H18N2/c1-3-5-6-9(4-2)10-7-8-11-12-10/h7-9H,3-6H2,1-2H3,(H,11,12). The van der Waals surface area contributed by atoms with E-state index in [4.69, 9.17) is 0 Å². The van der Waals surface area contributed by atoms with Gasteiger partial charge in [-0.05, 0) is 18.9 Å². The molecule has 0 fully saturated rings. The molecule has 12 heavy (non-hydrogen) atoms. The first-order valence-corrected chi connectivity index (χ1v) is 4.87. The molecule has 0 aromatic carbocycles. The van der Waals surface area contributed by atoms with Gasteiger partial charge in [-0.1, -0.05) is 26.7 Å². The van der Waals surface area contributed by atoms with Crippen LogP contribution in [0.4, 0.5) is 0 Å². The first-order valence-electron chi connectivity index (χ1n) is 4.87. The van der Waals surface area contributed by atoms with Crippen LogP contribution >= 0.6 is 0 Å². The molecule has 0 aliphatic rings. The van der Waals surface area contributed by atoms with E-state index in [9.17, 15) is 0 Å². The fourth-order valence-corrected chi connectivity index (χ4v) is 1.52. The largest absolute Gasteiger partial charge is 0.282 e. The van der Waals surface area contributed by atoms with E-state index in [2.05, 4.69) is 30.1 Å². The molecule has 0 spiro atoms. The molecule has 0 aliphatic carbocycles. The molecule has 1 atom stereocenters. The lowest BCUT2D eigenvalue weighted by atomic mass is 9.96. The molecule has 0 amide bonds. The summed E-state index contributed by atoms with van der Waals surface area (Å²) in [5.74, 6) is 0.687. The van der Waals surface area contributed by atoms with Gasteiger partial charge in [-0.3, -0.25) is 5.10 Å². The molecule has 0 saturated heterocycles. The summed E-state index contributed by atoms with van der Waals surface area (Å²) in [5, 5.41) is 7.02. The summed E-state index contributed by atoms with van der Waals surface area (Å²) < 4.78 is 0. The van der Waals surface area contributed by atoms with Crippen molar-refractivity contribution in [2.24, 2.45) is 0 Å². The highest BCUT2D eigenvalue weighted by molar-refractivity contribution is 5.04. The third-order valence-electron chi connectivity index (χ3n) is 2.36. The maximum atomic E-state index is 3.97. The monoisotopic (exact) mass is 166 g/mol. The van der Waals surface area contributed by atoms with Crippen molar-refractivity contribution in [1.29, 1.82) is 0 Å². The van der Waals surface area contributed by atoms with Gasteiger partial charge in [0.15, 0.2) is 0 Å². The molecule has 1 aromatic rings. The van der Waals surface area contributed by atoms with Crippen molar-refractivity contribution in [2.45, 2.75) is 45.4 Å². The summed E-state index contributed by atoms with van der Waals surface area (Å²) in [6.45, 7) is 4.47. The van der Waals surface area contributed by atoms with Crippen LogP contribution in [0.5, 0.6) is 0 Å². The minimum atomic E-state index is 0.687. The van der Waals surface area contributed by atoms with E-state index < -0.39 is 0 Å². The second-order valence-corrected chi connectivity index (χ2v) is 3.26. The van der Waals surface area contributed by atoms with E-state index in [-0.39, 0.29) is 0 Å². The Morgan fingerprint density at radius 3 is 2.83 bits per heavy atom. The Labute approximate surface area is 74.4 Å². The van der Waals surface area contributed by atoms with E-state index in [1.807, 2.05) is 6.20 Å². The zero-order valence-corrected chi connectivity index (χ0v) is 8.01. The Hall–Kier alpha value is -0.790. The van der Waals surface area contributed by atoms with Crippen LogP contribution in [0.2, 0.25) is 0 Å². The van der Waals surface area contributed by atoms with Crippen LogP contribution in [0, 0.1) is 0 Å². The molecular formula is C10H18N2. The Kier molecular flexibility index (Phi) is 3.85. The Balaban J connectivity index is 2.45. The lowest BCUT2D eigenvalue weighted by Crippen LogP contribution is -1.97. The average molecular weight is 166 g/mol. The van der Waals surface area contributed by atoms with E-state index in [0.717, 1.165) is 0 Å². The third kappa shape index (κ3) is 2.36. The summed E-state index contributed by atoms with van der Waals surface area (Å²) in [7, 11) is 0. The van der Waals surface area contributed by atoms with Crippen molar-refractivity contribution in [3.8, 4) is 0 Å². The first kappa shape index (κ1) is 9.30. The molecular weight excluding hydrogens is 148 g/mol. The highest BCUT2D eigenvalue weighted by atomic mass is 15.1. The quantitative estimate of drug-likeness (QED) is 0.715. The van der Waals surface area contributed by atoms with Crippen molar-refractivity contribution < 1.29 is 0 Å². The number of rotatable bonds is 5. The first-order chi connectivity index (χ1) is 5.88. The molecule has 0 aliphatic heterocycles. The van der Waals surface area contributed by atoms with E-state index in [1.54, 1.807) is 0 Å². The van der Waals surface area contributed by atoms with Crippen LogP contribution in [0.15, 0.2) is 12.3 Å². The smallest absolute Gasteiger partial charge is 0.0490 e. The molecule has 1 aromatic heterocycles. The molecule has 1 heterocycles. The van der Waals surface area contributed by atoms with Crippen LogP contribution < -0.4 is 0 Å². The van der Waals surface area contributed by atoms with E-state index in [0.29, 0.717) is 5.92 Å². The van der Waals surface area contributed by atoms with Crippen LogP contribution in [-0.2, 0) is 0 Å². The maximum Gasteiger partial charge on any atom is 0.0490 e. The second kappa shape index (κ2) is 4.96. The number of aromatic amines is 1. The van der Waals surface area contributed by atoms with Crippen molar-refractivity contribution >= 4 is 0 Å². The summed E-state index contributed by atoms with van der Waals surface area (Å²) >= 11 is 0. The molecule has 2 nitrogen and oxygen atoms in total. The molecule has 1 rings (SSSR count). The third-order valence-corrected chi connectivity index (χ3v) is 2.36. The predicted molar refractivity (Wildman–Crippen MR) is 51.1 cm³/mol. The minimum Gasteiger partial charge on any atom is -0.282 e. The van der Waals surface area contributed by atoms with Crippen LogP contribution in [0.1, 0.15) is 51.1 Å². The topological polar surface area (TPSA) is 28.7 Å². The lowest BCUT2D eigenvalue weighted by Gasteiger charge is -2.11. The van der Waals surface area contributed by atoms with Gasteiger partial charge >= 0.3 is 0 Å². The highest BCUT2D eigenvalue weighted by Gasteiger charge is 2.08. The maximum absolute atomic E-state index is 3.97. The van der Waals surface area contributed by atoms with Crippen molar-refractivity contribution in [3.05, 3.63) is 18.0 Å². The number of H-pyrrole nitrogens is 1. The number of aromatic nitrogens is 2. The van der Waals surface area contributed by atoms with Gasteiger partial charge in [0.25, 0.3) is 0 Å². The summed E-state index contributed by atoms with van der Waals surface area (Å²) in [5.41, 5.74) is 1.30. The van der Waals surface area contributed by atoms with Gasteiger partial charge in [0.2, 0.25) is 0 Å². The molecule has 1 unspecified atom stereocenters. The van der Waals surface area contributed by atoms with Gasteiger partial charge in [0, 0.05) is 17.8 Å². The number of nitrogens with zero attached hydrogens (tertiary/aromatic N) is 1. The Morgan fingerprint density at radius 1 is 1.50 bits per heavy atom. The SMILES string of the molecule is CCCCC(CC)c1ccn[nH]1. The van der Waals surface area contributed by atoms with Crippen LogP contribution in [0.25, 0.3) is 0 Å². The molecule has 68 valence electrons. The number of nitrogens with one attached hydrogen (secondary N) is 1. The molecule has 1 N–H and O–H groups in total. The van der Waals surface area contributed by atoms with Gasteiger partial charge in [-0.25, -0.2) is 0 Å². The summed E-state index contributed by atoms with van der Waals surface area (Å²) in [4.78, 5) is 0. The number of hydrogen-bond acceptors (Lipinski definition) is 1. The van der Waals surface area contributed by atoms with Gasteiger partial charge in [-0.15, -0.1) is 0 Å². The summed E-state index contributed by atoms with van der Waals surface area (Å²) in [6, 6.07) is 2.09. The predicted octanol–water partition coefficient (Wildman–Crippen LogP) is 3.09. The van der Waals surface area contributed by atoms with Gasteiger partial charge < -0.3 is 0 Å². The lowest BCUT2D eigenvalue weighted by molar-refractivity contribution is 0.556. The van der Waals surface area contributed by atoms with Gasteiger partial charge in [0.05, 0.1) is 0 Å². The van der Waals surface area contributed by atoms with Crippen molar-refractivity contribution in [2.75, 3.05) is 0 Å². The Morgan fingerprint density at radius 2 is 2.33 bits per heavy atom. The Bertz CT molecular complexity index is 192. The fraction of sp³-hybridized carbons (Fsp3) is 0.700. The van der Waals surface area contributed by atoms with Crippen molar-refractivity contribution in [3.63, 3.8) is 0 Å². The van der Waals surface area contributed by atoms with Gasteiger partial charge in [0.1, 0.15) is 0 Å².